The largest absolute Gasteiger partial charge is 0.350 e. The molecule has 2 heterocycles. The number of fused-ring (bicyclic) bond motifs is 1. The zero-order valence-electron chi connectivity index (χ0n) is 15.9. The number of halogens is 1. The third kappa shape index (κ3) is 5.65. The number of amides is 1. The number of carbonyl (C=O) groups is 1. The third-order valence-electron chi connectivity index (χ3n) is 4.59. The lowest BCUT2D eigenvalue weighted by Gasteiger charge is -2.29. The molecule has 2 N–H and O–H groups in total. The van der Waals surface area contributed by atoms with Gasteiger partial charge in [0.25, 0.3) is 0 Å². The number of aryl methyl sites for hydroxylation is 2. The van der Waals surface area contributed by atoms with E-state index in [1.807, 2.05) is 17.9 Å². The zero-order chi connectivity index (χ0) is 18.5. The second kappa shape index (κ2) is 10.0. The van der Waals surface area contributed by atoms with Gasteiger partial charge in [-0.25, -0.2) is 4.98 Å². The lowest BCUT2D eigenvalue weighted by Crippen LogP contribution is -2.45. The molecule has 0 unspecified atom stereocenters. The molecule has 2 aromatic rings. The molecular weight excluding hydrogens is 473 g/mol. The molecule has 0 spiro atoms. The van der Waals surface area contributed by atoms with Crippen LogP contribution >= 0.6 is 35.3 Å². The Labute approximate surface area is 181 Å². The Morgan fingerprint density at radius 2 is 2.00 bits per heavy atom. The Balaban J connectivity index is 0.00000261. The van der Waals surface area contributed by atoms with E-state index in [1.54, 1.807) is 18.4 Å². The van der Waals surface area contributed by atoms with E-state index in [0.717, 1.165) is 23.7 Å². The summed E-state index contributed by atoms with van der Waals surface area (Å²) in [7, 11) is 1.70. The maximum atomic E-state index is 12.5. The summed E-state index contributed by atoms with van der Waals surface area (Å²) in [5.41, 5.74) is 3.65. The van der Waals surface area contributed by atoms with Crippen LogP contribution in [0.1, 0.15) is 26.7 Å². The van der Waals surface area contributed by atoms with Crippen molar-refractivity contribution in [2.75, 3.05) is 20.1 Å². The van der Waals surface area contributed by atoms with Gasteiger partial charge < -0.3 is 15.5 Å². The summed E-state index contributed by atoms with van der Waals surface area (Å²) in [5.74, 6) is 0.699. The predicted molar refractivity (Wildman–Crippen MR) is 121 cm³/mol. The van der Waals surface area contributed by atoms with Crippen LogP contribution in [0, 0.1) is 13.8 Å². The maximum Gasteiger partial charge on any atom is 0.242 e. The summed E-state index contributed by atoms with van der Waals surface area (Å²) < 4.78 is 0. The summed E-state index contributed by atoms with van der Waals surface area (Å²) in [6.07, 6.45) is 0.914. The van der Waals surface area contributed by atoms with Crippen molar-refractivity contribution in [2.45, 2.75) is 33.4 Å². The zero-order valence-corrected chi connectivity index (χ0v) is 19.1. The Kier molecular flexibility index (Phi) is 8.03. The minimum Gasteiger partial charge on any atom is -0.350 e. The Morgan fingerprint density at radius 1 is 1.26 bits per heavy atom. The van der Waals surface area contributed by atoms with Crippen molar-refractivity contribution in [3.8, 4) is 0 Å². The fourth-order valence-electron chi connectivity index (χ4n) is 2.97. The van der Waals surface area contributed by atoms with Gasteiger partial charge in [-0.15, -0.1) is 35.3 Å². The number of nitrogens with one attached hydrogen (secondary N) is 2. The van der Waals surface area contributed by atoms with Gasteiger partial charge in [-0.05, 0) is 31.4 Å². The van der Waals surface area contributed by atoms with Crippen LogP contribution in [0.3, 0.4) is 0 Å². The number of rotatable bonds is 4. The molecule has 6 nitrogen and oxygen atoms in total. The van der Waals surface area contributed by atoms with Gasteiger partial charge in [-0.1, -0.05) is 24.3 Å². The van der Waals surface area contributed by atoms with Crippen LogP contribution in [-0.4, -0.2) is 41.9 Å². The van der Waals surface area contributed by atoms with Crippen molar-refractivity contribution in [1.29, 1.82) is 0 Å². The standard InChI is InChI=1S/C19H25N5OS.HI/c1-13-14(2)26-17(23-13)10-21-19(20-3)22-11-18(25)24-9-8-15-6-4-5-7-16(15)12-24;/h4-7H,8-12H2,1-3H3,(H2,20,21,22);1H. The van der Waals surface area contributed by atoms with Crippen molar-refractivity contribution < 1.29 is 4.79 Å². The number of thiazole rings is 1. The quantitative estimate of drug-likeness (QED) is 0.386. The molecule has 146 valence electrons. The summed E-state index contributed by atoms with van der Waals surface area (Å²) in [5, 5.41) is 7.34. The Morgan fingerprint density at radius 3 is 2.67 bits per heavy atom. The highest BCUT2D eigenvalue weighted by Crippen LogP contribution is 2.18. The number of aliphatic imine (C=N–C) groups is 1. The number of benzene rings is 1. The van der Waals surface area contributed by atoms with E-state index in [1.165, 1.54) is 16.0 Å². The highest BCUT2D eigenvalue weighted by molar-refractivity contribution is 14.0. The Bertz CT molecular complexity index is 801. The topological polar surface area (TPSA) is 69.6 Å². The van der Waals surface area contributed by atoms with Gasteiger partial charge >= 0.3 is 0 Å². The number of carbonyl (C=O) groups excluding carboxylic acids is 1. The third-order valence-corrected chi connectivity index (χ3v) is 5.67. The fraction of sp³-hybridized carbons (Fsp3) is 0.421. The van der Waals surface area contributed by atoms with Gasteiger partial charge in [0.05, 0.1) is 18.8 Å². The van der Waals surface area contributed by atoms with E-state index >= 15 is 0 Å². The van der Waals surface area contributed by atoms with Crippen molar-refractivity contribution in [3.63, 3.8) is 0 Å². The molecule has 1 amide bonds. The number of hydrogen-bond acceptors (Lipinski definition) is 4. The monoisotopic (exact) mass is 499 g/mol. The predicted octanol–water partition coefficient (Wildman–Crippen LogP) is 2.63. The summed E-state index contributed by atoms with van der Waals surface area (Å²) >= 11 is 1.68. The lowest BCUT2D eigenvalue weighted by atomic mass is 10.00. The first-order valence-electron chi connectivity index (χ1n) is 8.79. The maximum absolute atomic E-state index is 12.5. The van der Waals surface area contributed by atoms with Crippen LogP contribution in [0.2, 0.25) is 0 Å². The normalized spacial score (nSPS) is 13.6. The SMILES string of the molecule is CN=C(NCC(=O)N1CCc2ccccc2C1)NCc1nc(C)c(C)s1.I. The molecule has 0 radical (unpaired) electrons. The molecule has 8 heteroatoms. The van der Waals surface area contributed by atoms with E-state index in [-0.39, 0.29) is 36.4 Å². The van der Waals surface area contributed by atoms with E-state index in [9.17, 15) is 4.79 Å². The smallest absolute Gasteiger partial charge is 0.242 e. The summed E-state index contributed by atoms with van der Waals surface area (Å²) in [4.78, 5) is 24.3. The number of nitrogens with zero attached hydrogens (tertiary/aromatic N) is 3. The fourth-order valence-corrected chi connectivity index (χ4v) is 3.85. The molecule has 1 aliphatic rings. The average molecular weight is 499 g/mol. The molecule has 1 aromatic carbocycles. The highest BCUT2D eigenvalue weighted by Gasteiger charge is 2.20. The van der Waals surface area contributed by atoms with E-state index < -0.39 is 0 Å². The first kappa shape index (κ1) is 21.6. The first-order chi connectivity index (χ1) is 12.6. The molecule has 1 aromatic heterocycles. The van der Waals surface area contributed by atoms with E-state index in [0.29, 0.717) is 19.0 Å². The minimum atomic E-state index is 0. The molecule has 0 fully saturated rings. The molecule has 0 saturated carbocycles. The number of guanidine groups is 1. The van der Waals surface area contributed by atoms with Crippen LogP contribution in [0.4, 0.5) is 0 Å². The highest BCUT2D eigenvalue weighted by atomic mass is 127. The lowest BCUT2D eigenvalue weighted by molar-refractivity contribution is -0.130. The van der Waals surface area contributed by atoms with Gasteiger partial charge in [0.2, 0.25) is 5.91 Å². The second-order valence-electron chi connectivity index (χ2n) is 6.36. The molecule has 0 aliphatic carbocycles. The van der Waals surface area contributed by atoms with Crippen LogP contribution < -0.4 is 10.6 Å². The van der Waals surface area contributed by atoms with Gasteiger partial charge in [0, 0.05) is 25.0 Å². The van der Waals surface area contributed by atoms with Crippen LogP contribution in [-0.2, 0) is 24.3 Å². The number of hydrogen-bond donors (Lipinski definition) is 2. The molecule has 0 saturated heterocycles. The number of aromatic nitrogens is 1. The van der Waals surface area contributed by atoms with Crippen LogP contribution in [0.25, 0.3) is 0 Å². The van der Waals surface area contributed by atoms with Gasteiger partial charge in [-0.3, -0.25) is 9.79 Å². The summed E-state index contributed by atoms with van der Waals surface area (Å²) in [6.45, 7) is 6.36. The van der Waals surface area contributed by atoms with E-state index in [2.05, 4.69) is 45.7 Å². The van der Waals surface area contributed by atoms with Crippen LogP contribution in [0.15, 0.2) is 29.3 Å². The summed E-state index contributed by atoms with van der Waals surface area (Å²) in [6, 6.07) is 8.32. The average Bonchev–Trinajstić information content (AvgIpc) is 2.99. The van der Waals surface area contributed by atoms with Crippen molar-refractivity contribution >= 4 is 47.2 Å². The molecule has 3 rings (SSSR count). The molecule has 0 bridgehead atoms. The molecule has 27 heavy (non-hydrogen) atoms. The molecule has 0 atom stereocenters. The van der Waals surface area contributed by atoms with Gasteiger partial charge in [-0.2, -0.15) is 0 Å². The Hall–Kier alpha value is -1.68. The molecule has 1 aliphatic heterocycles. The van der Waals surface area contributed by atoms with Gasteiger partial charge in [0.15, 0.2) is 5.96 Å². The first-order valence-corrected chi connectivity index (χ1v) is 9.60. The van der Waals surface area contributed by atoms with E-state index in [4.69, 9.17) is 0 Å². The van der Waals surface area contributed by atoms with Crippen molar-refractivity contribution in [2.24, 2.45) is 4.99 Å². The molecular formula is C19H26IN5OS. The van der Waals surface area contributed by atoms with Crippen molar-refractivity contribution in [1.82, 2.24) is 20.5 Å². The van der Waals surface area contributed by atoms with Crippen molar-refractivity contribution in [3.05, 3.63) is 51.0 Å². The van der Waals surface area contributed by atoms with Gasteiger partial charge in [0.1, 0.15) is 5.01 Å². The minimum absolute atomic E-state index is 0. The van der Waals surface area contributed by atoms with Crippen LogP contribution in [0.5, 0.6) is 0 Å². The second-order valence-corrected chi connectivity index (χ2v) is 7.65.